The van der Waals surface area contributed by atoms with Crippen molar-refractivity contribution < 1.29 is 164 Å². The average Bonchev–Trinajstić information content (AvgIpc) is 1.53. The smallest absolute Gasteiger partial charge is 0.407 e. The second kappa shape index (κ2) is 43.7. The number of alkyl carbamates (subject to hydrolysis) is 6. The van der Waals surface area contributed by atoms with Crippen molar-refractivity contribution in [2.75, 3.05) is 163 Å². The lowest BCUT2D eigenvalue weighted by Crippen LogP contribution is -2.28. The minimum absolute atomic E-state index is 0.0260. The van der Waals surface area contributed by atoms with Gasteiger partial charge in [-0.3, -0.25) is 0 Å². The molecule has 6 atom stereocenters. The van der Waals surface area contributed by atoms with Crippen molar-refractivity contribution in [3.63, 3.8) is 0 Å². The number of hydrogen-bond acceptors (Lipinski definition) is 18. The topological polar surface area (TPSA) is 344 Å². The average molecular weight is 1800 g/mol. The molecule has 12 aromatic rings. The number of nitrogens with one attached hydrogen (secondary N) is 12. The molecule has 0 bridgehead atoms. The maximum Gasteiger partial charge on any atom is 0.407 e. The van der Waals surface area contributed by atoms with Crippen molar-refractivity contribution in [2.45, 2.75) is 113 Å². The van der Waals surface area contributed by atoms with E-state index in [-0.39, 0.29) is 128 Å². The molecule has 0 unspecified atom stereocenters. The summed E-state index contributed by atoms with van der Waals surface area (Å²) >= 11 is 0. The summed E-state index contributed by atoms with van der Waals surface area (Å²) in [6.07, 6.45) is -26.5. The van der Waals surface area contributed by atoms with E-state index < -0.39 is 432 Å². The van der Waals surface area contributed by atoms with Crippen LogP contribution >= 0.6 is 0 Å². The van der Waals surface area contributed by atoms with E-state index in [0.717, 1.165) is 16.8 Å². The van der Waals surface area contributed by atoms with Gasteiger partial charge in [0.2, 0.25) is 0 Å². The zero-order chi connectivity index (χ0) is 157. The van der Waals surface area contributed by atoms with E-state index in [2.05, 4.69) is 43.4 Å². The number of hydrogen-bond donors (Lipinski definition) is 12. The Labute approximate surface area is 846 Å². The molecule has 126 heavy (non-hydrogen) atoms. The van der Waals surface area contributed by atoms with Gasteiger partial charge in [-0.25, -0.2) is 28.8 Å². The number of carbonyl (C=O) groups excluding carboxylic acids is 6. The highest BCUT2D eigenvalue weighted by atomic mass is 16.6. The highest BCUT2D eigenvalue weighted by Gasteiger charge is 2.29. The maximum atomic E-state index is 11.7. The lowest BCUT2D eigenvalue weighted by atomic mass is 10.0. The number of aromatic amines is 6. The molecule has 6 aromatic carbocycles. The Hall–Kier alpha value is -12.1. The van der Waals surface area contributed by atoms with Crippen molar-refractivity contribution in [3.05, 3.63) is 213 Å². The van der Waals surface area contributed by atoms with Crippen LogP contribution in [0.15, 0.2) is 146 Å². The fourth-order valence-corrected chi connectivity index (χ4v) is 11.2. The van der Waals surface area contributed by atoms with Crippen LogP contribution in [0.4, 0.5) is 28.8 Å². The number of H-pyrrole nitrogens is 6. The summed E-state index contributed by atoms with van der Waals surface area (Å²) in [6, 6.07) is -26.6. The van der Waals surface area contributed by atoms with E-state index in [1.165, 1.54) is 21.1 Å². The molecule has 672 valence electrons. The monoisotopic (exact) mass is 1800 g/mol. The van der Waals surface area contributed by atoms with Crippen LogP contribution in [0.25, 0.3) is 65.4 Å². The van der Waals surface area contributed by atoms with Crippen LogP contribution in [0.3, 0.4) is 0 Å². The quantitative estimate of drug-likeness (QED) is 0.0186. The molecule has 6 aliphatic heterocycles. The third-order valence-electron chi connectivity index (χ3n) is 16.9. The lowest BCUT2D eigenvalue weighted by molar-refractivity contribution is 0.176. The number of ether oxygens (including phenoxy) is 6. The van der Waals surface area contributed by atoms with Gasteiger partial charge in [0.1, 0.15) is 39.4 Å². The Balaban J connectivity index is 0.000000196. The highest BCUT2D eigenvalue weighted by Crippen LogP contribution is 2.29. The number of aromatic nitrogens is 6. The molecular weight excluding hydrogens is 1600 g/mol. The van der Waals surface area contributed by atoms with E-state index in [1.54, 1.807) is 0 Å². The predicted molar refractivity (Wildman–Crippen MR) is 495 cm³/mol. The maximum absolute atomic E-state index is 11.7. The minimum atomic E-state index is -3.87. The van der Waals surface area contributed by atoms with Crippen molar-refractivity contribution >= 4 is 102 Å². The Kier molecular flexibility index (Phi) is 12.1. The third-order valence-corrected chi connectivity index (χ3v) is 16.9. The molecule has 0 spiro atoms. The first kappa shape index (κ1) is 34.9. The number of likely N-dealkylation sites (N-methyl/N-ethyl adjacent to an activating group) is 6. The molecule has 0 aliphatic carbocycles. The standard InChI is InChI=1S/6C16H21N3O2/c6*1-19(2)6-5-12-9-17-15-4-3-11(8-14(12)15)7-13-10-21-16(20)18-13/h6*3-4,8-9,13,17H,5-7,10H2,1-2H3,(H,18,20)/t6*13-/m000000/s1/i1D3,2D3,3D,4D,5D2,6D2,8D,9D,10D2,13D;1D3,3D,4D,5D2,6D2,8D,9D,10D2,13D;3D,4D,5D2,6D2,8D,9D,10D2,13D;1D3,2D3,3D,4D,8D,9D,10D2,13D;1D3,3D,4D,8D,9D,10D2,13D;3D,4D,8D,9D,10D2,13D/hD6. The van der Waals surface area contributed by atoms with Gasteiger partial charge in [-0.2, -0.15) is 0 Å². The van der Waals surface area contributed by atoms with Crippen molar-refractivity contribution in [1.29, 1.82) is 0 Å². The van der Waals surface area contributed by atoms with Gasteiger partial charge in [0, 0.05) is 183 Å². The molecule has 6 aromatic heterocycles. The summed E-state index contributed by atoms with van der Waals surface area (Å²) < 4.78 is 653. The first-order valence-electron chi connectivity index (χ1n) is 75.5. The molecule has 0 saturated carbocycles. The summed E-state index contributed by atoms with van der Waals surface area (Å²) in [5.74, 6) is 0. The van der Waals surface area contributed by atoms with Crippen LogP contribution < -0.4 is 31.9 Å². The summed E-state index contributed by atoms with van der Waals surface area (Å²) in [4.78, 5) is 82.1. The number of carbonyl (C=O) groups is 6. The van der Waals surface area contributed by atoms with Gasteiger partial charge in [-0.1, -0.05) is 36.3 Å². The Morgan fingerprint density at radius 1 is 0.325 bits per heavy atom. The largest absolute Gasteiger partial charge is 0.447 e. The molecule has 0 radical (unpaired) electrons. The van der Waals surface area contributed by atoms with E-state index in [1.807, 2.05) is 34.9 Å². The van der Waals surface area contributed by atoms with Crippen molar-refractivity contribution in [1.82, 2.24) is 91.2 Å². The van der Waals surface area contributed by atoms with Gasteiger partial charge in [0.05, 0.1) is 93.7 Å². The second-order valence-electron chi connectivity index (χ2n) is 27.1. The zero-order valence-electron chi connectivity index (χ0n) is 145. The van der Waals surface area contributed by atoms with Gasteiger partial charge in [-0.15, -0.1) is 0 Å². The molecule has 30 heteroatoms. The Bertz CT molecular complexity index is 9790. The number of amides is 6. The van der Waals surface area contributed by atoms with Crippen molar-refractivity contribution in [3.8, 4) is 0 Å². The van der Waals surface area contributed by atoms with Crippen LogP contribution in [0.2, 0.25) is 8.47 Å². The van der Waals surface area contributed by atoms with Gasteiger partial charge in [0.25, 0.3) is 0 Å². The van der Waals surface area contributed by atoms with E-state index in [0.29, 0.717) is 33.5 Å². The van der Waals surface area contributed by atoms with Crippen LogP contribution in [-0.2, 0) is 105 Å². The number of cyclic esters (lactones) is 6. The Morgan fingerprint density at radius 3 is 0.865 bits per heavy atom. The number of aryl methyl sites for hydroxylation is 3. The summed E-state index contributed by atoms with van der Waals surface area (Å²) in [5.41, 5.74) is -6.31. The summed E-state index contributed by atoms with van der Waals surface area (Å²) in [5, 5.41) is 4.02. The molecular formula is C96H126N18O12. The van der Waals surface area contributed by atoms with Crippen molar-refractivity contribution in [2.24, 2.45) is 0 Å². The molecule has 6 fully saturated rings. The number of fused-ring (bicyclic) bond motifs is 6. The van der Waals surface area contributed by atoms with Gasteiger partial charge in [-0.05, 0) is 300 Å². The number of nitrogens with zero attached hydrogens (tertiary/aromatic N) is 6. The first-order chi connectivity index (χ1) is 91.7. The third kappa shape index (κ3) is 26.5. The molecule has 30 nitrogen and oxygen atoms in total. The number of benzene rings is 6. The van der Waals surface area contributed by atoms with E-state index in [4.69, 9.17) is 107 Å². The molecule has 12 heterocycles. The normalized spacial score (nSPS) is 34.6. The van der Waals surface area contributed by atoms with Gasteiger partial charge < -0.3 is 120 Å². The predicted octanol–water partition coefficient (Wildman–Crippen LogP) is 11.5. The van der Waals surface area contributed by atoms with Crippen LogP contribution in [0.1, 0.15) is 165 Å². The molecule has 6 amide bonds. The molecule has 18 rings (SSSR count). The summed E-state index contributed by atoms with van der Waals surface area (Å²) in [7, 11) is 8.41. The minimum Gasteiger partial charge on any atom is -0.447 e. The number of rotatable bonds is 30. The fraction of sp³-hybridized carbons (Fsp3) is 0.438. The van der Waals surface area contributed by atoms with Gasteiger partial charge in [0.15, 0.2) is 8.47 Å². The fourth-order valence-electron chi connectivity index (χ4n) is 11.2. The van der Waals surface area contributed by atoms with Crippen LogP contribution in [-0.4, -0.2) is 295 Å². The molecule has 6 aliphatic rings. The molecule has 6 saturated heterocycles. The first-order valence-corrected chi connectivity index (χ1v) is 36.8. The molecule has 12 N–H and O–H groups in total. The van der Waals surface area contributed by atoms with Gasteiger partial charge >= 0.3 is 36.6 Å². The summed E-state index contributed by atoms with van der Waals surface area (Å²) in [6.45, 7) is -46.4. The van der Waals surface area contributed by atoms with Crippen LogP contribution in [0.5, 0.6) is 0 Å². The highest BCUT2D eigenvalue weighted by molar-refractivity contribution is 5.88. The Morgan fingerprint density at radius 2 is 0.587 bits per heavy atom. The zero-order valence-corrected chi connectivity index (χ0v) is 66.8. The lowest BCUT2D eigenvalue weighted by Gasteiger charge is -2.09. The second-order valence-corrected chi connectivity index (χ2v) is 27.1. The SMILES string of the molecule is [2H]c1[nH]c2c([2H])c([2H])c(C[C@]3([2H])NC(=O)OC3([2H])[2H])c([2H])c2c1C([2H])([2H])C([2H])([2H])N(C([2H])([2H])[2H])C([2H])([2H])[2H].[2H]c1[nH]c2c([2H])c([2H])c(C[C@]3([2H])NC(=O)OC3([2H])[2H])c([2H])c2c1C([2H])([2H])C([2H])([2H])N(C)C.[2H]c1[nH]c2c([2H])c([2H])c(C[C@]3([2H])NC(=O)OC3([2H])[2H])c([2H])c2c1C([2H])([2H])C([2H])([2H])N(C)C([2H])([2H])[2H].[2H]c1c(C[C@]2([2H])N([2H])C(=O)OC2([2H])[2H])c([2H])c2c(CCN(C([2H])([2H])[2H])C([2H])([2H])[2H])c([2H])n([2H])c2c1[2H].[2H]c1c(C[C@]2([2H])N([2H])C(=O)OC2([2H])[2H])c([2H])c2c(CCN(C)C([2H])([2H])[2H])c([2H])n([2H])c2c1[2H].[2H]c1c(C[C@]2([2H])N([2H])C(=O)OC2([2H])[2H])c([2H])c2c(CCN(C)C)c([2H])n([2H])c2c1[2H]. The van der Waals surface area contributed by atoms with Crippen LogP contribution in [0, 0.1) is 0 Å². The van der Waals surface area contributed by atoms with E-state index in [9.17, 15) is 28.8 Å². The van der Waals surface area contributed by atoms with E-state index >= 15 is 0 Å².